The number of alkyl carbamates (subject to hydrolysis) is 1. The molecule has 0 bridgehead atoms. The number of unbranched alkanes of at least 4 members (excludes halogenated alkanes) is 15. The molecule has 0 aromatic carbocycles. The fraction of sp³-hybridized carbons (Fsp3) is 0.933. The first kappa shape index (κ1) is 33.7. The summed E-state index contributed by atoms with van der Waals surface area (Å²) >= 11 is 0. The lowest BCUT2D eigenvalue weighted by atomic mass is 9.98. The van der Waals surface area contributed by atoms with E-state index in [0.717, 1.165) is 19.3 Å². The van der Waals surface area contributed by atoms with Crippen LogP contribution in [0.25, 0.3) is 0 Å². The summed E-state index contributed by atoms with van der Waals surface area (Å²) in [7, 11) is 0. The summed E-state index contributed by atoms with van der Waals surface area (Å²) < 4.78 is 10.7. The first-order chi connectivity index (χ1) is 16.7. The molecular formula is C30H59NO4. The Kier molecular flexibility index (Phi) is 21.2. The van der Waals surface area contributed by atoms with Gasteiger partial charge in [-0.1, -0.05) is 144 Å². The third-order valence-corrected chi connectivity index (χ3v) is 6.62. The molecule has 0 heterocycles. The van der Waals surface area contributed by atoms with Gasteiger partial charge in [0.2, 0.25) is 0 Å². The zero-order valence-corrected chi connectivity index (χ0v) is 24.2. The van der Waals surface area contributed by atoms with E-state index in [1.807, 2.05) is 34.6 Å². The van der Waals surface area contributed by atoms with Crippen molar-refractivity contribution in [3.63, 3.8) is 0 Å². The van der Waals surface area contributed by atoms with E-state index in [1.165, 1.54) is 89.9 Å². The van der Waals surface area contributed by atoms with Crippen LogP contribution in [0.4, 0.5) is 4.79 Å². The highest BCUT2D eigenvalue weighted by Gasteiger charge is 2.28. The van der Waals surface area contributed by atoms with Gasteiger partial charge in [0, 0.05) is 0 Å². The van der Waals surface area contributed by atoms with Crippen LogP contribution >= 0.6 is 0 Å². The van der Waals surface area contributed by atoms with E-state index in [0.29, 0.717) is 13.2 Å². The Hall–Kier alpha value is -1.26. The highest BCUT2D eigenvalue weighted by atomic mass is 16.6. The summed E-state index contributed by atoms with van der Waals surface area (Å²) in [4.78, 5) is 24.7. The predicted octanol–water partition coefficient (Wildman–Crippen LogP) is 8.98. The van der Waals surface area contributed by atoms with Crippen molar-refractivity contribution in [2.75, 3.05) is 13.2 Å². The molecule has 1 amide bonds. The average molecular weight is 498 g/mol. The van der Waals surface area contributed by atoms with Gasteiger partial charge < -0.3 is 14.8 Å². The third kappa shape index (κ3) is 21.7. The van der Waals surface area contributed by atoms with Crippen LogP contribution in [-0.4, -0.2) is 31.3 Å². The summed E-state index contributed by atoms with van der Waals surface area (Å²) in [6, 6.07) is -0.659. The number of carbonyl (C=O) groups is 2. The van der Waals surface area contributed by atoms with Crippen molar-refractivity contribution >= 4 is 12.1 Å². The Labute approximate surface area is 217 Å². The smallest absolute Gasteiger partial charge is 0.407 e. The van der Waals surface area contributed by atoms with Crippen molar-refractivity contribution in [2.24, 2.45) is 11.3 Å². The quantitative estimate of drug-likeness (QED) is 0.120. The monoisotopic (exact) mass is 497 g/mol. The zero-order valence-electron chi connectivity index (χ0n) is 24.2. The van der Waals surface area contributed by atoms with Gasteiger partial charge >= 0.3 is 12.1 Å². The van der Waals surface area contributed by atoms with E-state index in [2.05, 4.69) is 12.2 Å². The van der Waals surface area contributed by atoms with Crippen molar-refractivity contribution in [1.29, 1.82) is 0 Å². The van der Waals surface area contributed by atoms with E-state index < -0.39 is 12.1 Å². The summed E-state index contributed by atoms with van der Waals surface area (Å²) in [5.74, 6) is -0.358. The lowest BCUT2D eigenvalue weighted by molar-refractivity contribution is -0.147. The molecule has 0 fully saturated rings. The Morgan fingerprint density at radius 2 is 1.11 bits per heavy atom. The fourth-order valence-electron chi connectivity index (χ4n) is 4.03. The van der Waals surface area contributed by atoms with E-state index in [1.54, 1.807) is 0 Å². The van der Waals surface area contributed by atoms with Gasteiger partial charge in [-0.25, -0.2) is 9.59 Å². The number of amides is 1. The van der Waals surface area contributed by atoms with Crippen LogP contribution in [0.2, 0.25) is 0 Å². The molecule has 208 valence electrons. The first-order valence-corrected chi connectivity index (χ1v) is 14.8. The Morgan fingerprint density at radius 1 is 0.686 bits per heavy atom. The van der Waals surface area contributed by atoms with Crippen molar-refractivity contribution in [2.45, 2.75) is 157 Å². The first-order valence-electron chi connectivity index (χ1n) is 14.8. The minimum atomic E-state index is -0.659. The summed E-state index contributed by atoms with van der Waals surface area (Å²) in [6.07, 6.45) is 21.3. The summed E-state index contributed by atoms with van der Waals surface area (Å²) in [5.41, 5.74) is -0.114. The van der Waals surface area contributed by atoms with E-state index >= 15 is 0 Å². The van der Waals surface area contributed by atoms with Gasteiger partial charge in [0.05, 0.1) is 13.2 Å². The molecule has 0 spiro atoms. The maximum atomic E-state index is 12.5. The topological polar surface area (TPSA) is 64.6 Å². The van der Waals surface area contributed by atoms with Gasteiger partial charge in [0.25, 0.3) is 0 Å². The lowest BCUT2D eigenvalue weighted by Crippen LogP contribution is -2.46. The second-order valence-electron chi connectivity index (χ2n) is 11.6. The predicted molar refractivity (Wildman–Crippen MR) is 148 cm³/mol. The average Bonchev–Trinajstić information content (AvgIpc) is 2.82. The van der Waals surface area contributed by atoms with Gasteiger partial charge in [-0.15, -0.1) is 0 Å². The normalized spacial score (nSPS) is 13.3. The summed E-state index contributed by atoms with van der Waals surface area (Å²) in [6.45, 7) is 12.9. The van der Waals surface area contributed by atoms with Gasteiger partial charge in [-0.2, -0.15) is 0 Å². The highest BCUT2D eigenvalue weighted by molar-refractivity contribution is 5.81. The Balaban J connectivity index is 3.75. The molecule has 2 unspecified atom stereocenters. The third-order valence-electron chi connectivity index (χ3n) is 6.62. The number of ether oxygens (including phenoxy) is 2. The standard InChI is InChI=1S/C30H59NO4/c1-7-9-10-11-12-13-14-15-16-17-18-19-20-21-22-23-24-34-28(32)27(26(3)8-2)31-29(33)35-25-30(4,5)6/h26-27H,7-25H2,1-6H3,(H,31,33). The zero-order chi connectivity index (χ0) is 26.4. The summed E-state index contributed by atoms with van der Waals surface area (Å²) in [5, 5.41) is 2.71. The maximum absolute atomic E-state index is 12.5. The molecule has 2 atom stereocenters. The molecule has 0 saturated carbocycles. The van der Waals surface area contributed by atoms with E-state index in [-0.39, 0.29) is 17.3 Å². The van der Waals surface area contributed by atoms with E-state index in [4.69, 9.17) is 9.47 Å². The molecule has 1 N–H and O–H groups in total. The SMILES string of the molecule is CCCCCCCCCCCCCCCCCCOC(=O)C(NC(=O)OCC(C)(C)C)C(C)CC. The molecule has 5 heteroatoms. The second kappa shape index (κ2) is 22.0. The largest absolute Gasteiger partial charge is 0.464 e. The van der Waals surface area contributed by atoms with Crippen molar-refractivity contribution in [3.8, 4) is 0 Å². The van der Waals surface area contributed by atoms with Crippen LogP contribution in [0, 0.1) is 11.3 Å². The molecule has 0 radical (unpaired) electrons. The molecule has 0 rings (SSSR count). The van der Waals surface area contributed by atoms with Crippen LogP contribution in [0.15, 0.2) is 0 Å². The number of nitrogens with one attached hydrogen (secondary N) is 1. The van der Waals surface area contributed by atoms with Gasteiger partial charge in [0.1, 0.15) is 6.04 Å². The number of hydrogen-bond acceptors (Lipinski definition) is 4. The molecule has 0 aromatic heterocycles. The molecule has 35 heavy (non-hydrogen) atoms. The van der Waals surface area contributed by atoms with Crippen molar-refractivity contribution in [3.05, 3.63) is 0 Å². The van der Waals surface area contributed by atoms with E-state index in [9.17, 15) is 9.59 Å². The molecule has 0 aliphatic heterocycles. The molecule has 0 aliphatic carbocycles. The fourth-order valence-corrected chi connectivity index (χ4v) is 4.03. The second-order valence-corrected chi connectivity index (χ2v) is 11.6. The molecule has 0 aliphatic rings. The molecular weight excluding hydrogens is 438 g/mol. The van der Waals surface area contributed by atoms with Gasteiger partial charge in [-0.05, 0) is 17.8 Å². The van der Waals surface area contributed by atoms with Crippen LogP contribution in [0.3, 0.4) is 0 Å². The van der Waals surface area contributed by atoms with Gasteiger partial charge in [-0.3, -0.25) is 0 Å². The molecule has 0 aromatic rings. The van der Waals surface area contributed by atoms with Crippen LogP contribution in [0.1, 0.15) is 151 Å². The lowest BCUT2D eigenvalue weighted by Gasteiger charge is -2.24. The van der Waals surface area contributed by atoms with Gasteiger partial charge in [0.15, 0.2) is 0 Å². The van der Waals surface area contributed by atoms with Crippen molar-refractivity contribution in [1.82, 2.24) is 5.32 Å². The van der Waals surface area contributed by atoms with Crippen LogP contribution in [-0.2, 0) is 14.3 Å². The van der Waals surface area contributed by atoms with Crippen LogP contribution in [0.5, 0.6) is 0 Å². The van der Waals surface area contributed by atoms with Crippen molar-refractivity contribution < 1.29 is 19.1 Å². The molecule has 5 nitrogen and oxygen atoms in total. The van der Waals surface area contributed by atoms with Crippen LogP contribution < -0.4 is 5.32 Å². The molecule has 0 saturated heterocycles. The Morgan fingerprint density at radius 3 is 1.51 bits per heavy atom. The minimum Gasteiger partial charge on any atom is -0.464 e. The maximum Gasteiger partial charge on any atom is 0.407 e. The Bertz CT molecular complexity index is 515. The highest BCUT2D eigenvalue weighted by Crippen LogP contribution is 2.15. The number of hydrogen-bond donors (Lipinski definition) is 1. The minimum absolute atomic E-state index is 0.00418. The number of esters is 1. The number of carbonyl (C=O) groups excluding carboxylic acids is 2. The number of rotatable bonds is 22.